The molecule has 1 saturated heterocycles. The number of rotatable bonds is 5. The first-order chi connectivity index (χ1) is 10.3. The Hall–Kier alpha value is -1.31. The summed E-state index contributed by atoms with van der Waals surface area (Å²) in [6, 6.07) is 4.49. The summed E-state index contributed by atoms with van der Waals surface area (Å²) < 4.78 is 37.4. The van der Waals surface area contributed by atoms with E-state index in [1.165, 1.54) is 30.7 Å². The predicted molar refractivity (Wildman–Crippen MR) is 84.6 cm³/mol. The molecule has 1 aromatic carbocycles. The van der Waals surface area contributed by atoms with Gasteiger partial charge in [-0.25, -0.2) is 8.42 Å². The first-order valence-corrected chi connectivity index (χ1v) is 8.73. The Morgan fingerprint density at radius 1 is 1.18 bits per heavy atom. The molecule has 0 radical (unpaired) electrons. The first-order valence-electron chi connectivity index (χ1n) is 7.29. The summed E-state index contributed by atoms with van der Waals surface area (Å²) in [5, 5.41) is 0. The van der Waals surface area contributed by atoms with Crippen molar-refractivity contribution in [3.05, 3.63) is 18.2 Å². The predicted octanol–water partition coefficient (Wildman–Crippen LogP) is 1.31. The van der Waals surface area contributed by atoms with Crippen LogP contribution in [0.15, 0.2) is 23.1 Å². The third-order valence-electron chi connectivity index (χ3n) is 4.23. The van der Waals surface area contributed by atoms with Crippen LogP contribution >= 0.6 is 0 Å². The molecule has 22 heavy (non-hydrogen) atoms. The summed E-state index contributed by atoms with van der Waals surface area (Å²) >= 11 is 0. The van der Waals surface area contributed by atoms with Crippen molar-refractivity contribution in [3.63, 3.8) is 0 Å². The van der Waals surface area contributed by atoms with Crippen molar-refractivity contribution in [1.29, 1.82) is 0 Å². The molecule has 7 heteroatoms. The van der Waals surface area contributed by atoms with Crippen molar-refractivity contribution in [1.82, 2.24) is 4.31 Å². The van der Waals surface area contributed by atoms with Gasteiger partial charge >= 0.3 is 0 Å². The summed E-state index contributed by atoms with van der Waals surface area (Å²) in [7, 11) is -0.584. The van der Waals surface area contributed by atoms with Crippen LogP contribution in [0.3, 0.4) is 0 Å². The highest BCUT2D eigenvalue weighted by molar-refractivity contribution is 7.89. The van der Waals surface area contributed by atoms with Crippen LogP contribution < -0.4 is 15.2 Å². The summed E-state index contributed by atoms with van der Waals surface area (Å²) in [6.45, 7) is 4.93. The van der Waals surface area contributed by atoms with Gasteiger partial charge in [0.05, 0.1) is 19.1 Å². The van der Waals surface area contributed by atoms with E-state index in [9.17, 15) is 8.42 Å². The number of benzene rings is 1. The second-order valence-corrected chi connectivity index (χ2v) is 7.85. The van der Waals surface area contributed by atoms with Crippen LogP contribution in [0.4, 0.5) is 0 Å². The minimum Gasteiger partial charge on any atom is -0.493 e. The van der Waals surface area contributed by atoms with Crippen LogP contribution in [-0.2, 0) is 10.0 Å². The largest absolute Gasteiger partial charge is 0.493 e. The van der Waals surface area contributed by atoms with Crippen LogP contribution in [0.25, 0.3) is 0 Å². The Morgan fingerprint density at radius 2 is 1.82 bits per heavy atom. The molecule has 0 saturated carbocycles. The molecule has 0 spiro atoms. The summed E-state index contributed by atoms with van der Waals surface area (Å²) in [5.41, 5.74) is 6.10. The van der Waals surface area contributed by atoms with Gasteiger partial charge in [0.25, 0.3) is 0 Å². The average molecular weight is 328 g/mol. The van der Waals surface area contributed by atoms with Gasteiger partial charge < -0.3 is 15.2 Å². The standard InChI is InChI=1S/C15H24N2O4S/c1-10(2)12-8-17(9-13(12)16)22(18,19)11-5-6-14(20-3)15(7-11)21-4/h5-7,10,12-13H,8-9,16H2,1-4H3/t12-,13+/m1/s1. The van der Waals surface area contributed by atoms with E-state index in [0.29, 0.717) is 30.5 Å². The second-order valence-electron chi connectivity index (χ2n) is 5.91. The smallest absolute Gasteiger partial charge is 0.243 e. The Bertz CT molecular complexity index is 630. The van der Waals surface area contributed by atoms with Gasteiger partial charge in [0.2, 0.25) is 10.0 Å². The molecule has 0 aromatic heterocycles. The molecular weight excluding hydrogens is 304 g/mol. The zero-order valence-electron chi connectivity index (χ0n) is 13.4. The molecule has 124 valence electrons. The van der Waals surface area contributed by atoms with E-state index in [1.54, 1.807) is 6.07 Å². The van der Waals surface area contributed by atoms with Gasteiger partial charge in [-0.3, -0.25) is 0 Å². The minimum absolute atomic E-state index is 0.130. The third-order valence-corrected chi connectivity index (χ3v) is 6.06. The van der Waals surface area contributed by atoms with Crippen LogP contribution in [0, 0.1) is 11.8 Å². The molecule has 2 atom stereocenters. The van der Waals surface area contributed by atoms with Crippen LogP contribution in [-0.4, -0.2) is 46.1 Å². The van der Waals surface area contributed by atoms with Crippen molar-refractivity contribution in [2.45, 2.75) is 24.8 Å². The lowest BCUT2D eigenvalue weighted by Gasteiger charge is -2.19. The zero-order valence-corrected chi connectivity index (χ0v) is 14.3. The molecule has 1 heterocycles. The van der Waals surface area contributed by atoms with Crippen LogP contribution in [0.2, 0.25) is 0 Å². The van der Waals surface area contributed by atoms with Gasteiger partial charge in [-0.2, -0.15) is 4.31 Å². The SMILES string of the molecule is COc1ccc(S(=O)(=O)N2C[C@H](C(C)C)[C@@H](N)C2)cc1OC. The maximum absolute atomic E-state index is 12.8. The van der Waals surface area contributed by atoms with Gasteiger partial charge in [0.1, 0.15) is 0 Å². The fourth-order valence-corrected chi connectivity index (χ4v) is 4.37. The molecule has 0 bridgehead atoms. The van der Waals surface area contributed by atoms with Crippen LogP contribution in [0.5, 0.6) is 11.5 Å². The molecule has 0 unspecified atom stereocenters. The van der Waals surface area contributed by atoms with E-state index in [-0.39, 0.29) is 16.9 Å². The molecule has 2 N–H and O–H groups in total. The van der Waals surface area contributed by atoms with Crippen molar-refractivity contribution in [2.24, 2.45) is 17.6 Å². The number of ether oxygens (including phenoxy) is 2. The van der Waals surface area contributed by atoms with E-state index in [2.05, 4.69) is 13.8 Å². The Labute approximate surface area is 132 Å². The quantitative estimate of drug-likeness (QED) is 0.881. The number of methoxy groups -OCH3 is 2. The summed E-state index contributed by atoms with van der Waals surface area (Å²) in [4.78, 5) is 0.196. The Morgan fingerprint density at radius 3 is 2.32 bits per heavy atom. The fourth-order valence-electron chi connectivity index (χ4n) is 2.84. The monoisotopic (exact) mass is 328 g/mol. The highest BCUT2D eigenvalue weighted by Gasteiger charge is 2.39. The maximum Gasteiger partial charge on any atom is 0.243 e. The van der Waals surface area contributed by atoms with E-state index >= 15 is 0 Å². The van der Waals surface area contributed by atoms with E-state index in [4.69, 9.17) is 15.2 Å². The van der Waals surface area contributed by atoms with Crippen LogP contribution in [0.1, 0.15) is 13.8 Å². The molecule has 6 nitrogen and oxygen atoms in total. The lowest BCUT2D eigenvalue weighted by Crippen LogP contribution is -2.33. The van der Waals surface area contributed by atoms with Crippen molar-refractivity contribution in [3.8, 4) is 11.5 Å². The zero-order chi connectivity index (χ0) is 16.5. The molecule has 1 aliphatic rings. The molecule has 2 rings (SSSR count). The van der Waals surface area contributed by atoms with Crippen molar-refractivity contribution in [2.75, 3.05) is 27.3 Å². The van der Waals surface area contributed by atoms with Gasteiger partial charge in [-0.1, -0.05) is 13.8 Å². The molecule has 1 fully saturated rings. The normalized spacial score (nSPS) is 23.0. The van der Waals surface area contributed by atoms with E-state index in [0.717, 1.165) is 0 Å². The van der Waals surface area contributed by atoms with Crippen molar-refractivity contribution < 1.29 is 17.9 Å². The number of nitrogens with zero attached hydrogens (tertiary/aromatic N) is 1. The van der Waals surface area contributed by atoms with Gasteiger partial charge in [0.15, 0.2) is 11.5 Å². The molecule has 0 amide bonds. The molecule has 1 aliphatic heterocycles. The highest BCUT2D eigenvalue weighted by atomic mass is 32.2. The Kier molecular flexibility index (Phi) is 4.99. The van der Waals surface area contributed by atoms with Gasteiger partial charge in [-0.15, -0.1) is 0 Å². The fraction of sp³-hybridized carbons (Fsp3) is 0.600. The lowest BCUT2D eigenvalue weighted by molar-refractivity contribution is 0.353. The van der Waals surface area contributed by atoms with Gasteiger partial charge in [-0.05, 0) is 24.0 Å². The molecular formula is C15H24N2O4S. The third kappa shape index (κ3) is 3.06. The highest BCUT2D eigenvalue weighted by Crippen LogP contribution is 2.33. The number of nitrogens with two attached hydrogens (primary N) is 1. The first kappa shape index (κ1) is 17.1. The Balaban J connectivity index is 2.32. The lowest BCUT2D eigenvalue weighted by atomic mass is 9.92. The minimum atomic E-state index is -3.58. The second kappa shape index (κ2) is 6.44. The number of hydrogen-bond acceptors (Lipinski definition) is 5. The molecule has 1 aromatic rings. The topological polar surface area (TPSA) is 81.9 Å². The summed E-state index contributed by atoms with van der Waals surface area (Å²) in [6.07, 6.45) is 0. The average Bonchev–Trinajstić information content (AvgIpc) is 2.89. The van der Waals surface area contributed by atoms with E-state index < -0.39 is 10.0 Å². The van der Waals surface area contributed by atoms with Gasteiger partial charge in [0, 0.05) is 25.2 Å². The number of sulfonamides is 1. The van der Waals surface area contributed by atoms with E-state index in [1.807, 2.05) is 0 Å². The summed E-state index contributed by atoms with van der Waals surface area (Å²) in [5.74, 6) is 1.42. The molecule has 0 aliphatic carbocycles. The maximum atomic E-state index is 12.8. The number of hydrogen-bond donors (Lipinski definition) is 1. The van der Waals surface area contributed by atoms with Crippen molar-refractivity contribution >= 4 is 10.0 Å².